The first-order valence-electron chi connectivity index (χ1n) is 12.3. The normalized spacial score (nSPS) is 21.4. The molecule has 0 spiro atoms. The number of benzene rings is 1. The molecule has 1 aliphatic heterocycles. The van der Waals surface area contributed by atoms with E-state index in [2.05, 4.69) is 20.3 Å². The fraction of sp³-hybridized carbons (Fsp3) is 0.346. The lowest BCUT2D eigenvalue weighted by molar-refractivity contribution is -0.137. The molecule has 13 heteroatoms. The number of fused-ring (bicyclic) bond motifs is 2. The van der Waals surface area contributed by atoms with Crippen molar-refractivity contribution in [1.82, 2.24) is 34.1 Å². The average molecular weight is 558 g/mol. The van der Waals surface area contributed by atoms with Crippen LogP contribution < -0.4 is 0 Å². The second kappa shape index (κ2) is 9.56. The van der Waals surface area contributed by atoms with Gasteiger partial charge in [-0.1, -0.05) is 0 Å². The Morgan fingerprint density at radius 1 is 1.13 bits per heavy atom. The lowest BCUT2D eigenvalue weighted by atomic mass is 9.60. The lowest BCUT2D eigenvalue weighted by Gasteiger charge is -2.49. The van der Waals surface area contributed by atoms with Crippen LogP contribution in [0.5, 0.6) is 0 Å². The van der Waals surface area contributed by atoms with Gasteiger partial charge in [-0.15, -0.1) is 5.10 Å². The molecule has 0 N–H and O–H groups in total. The number of carbonyl (C=O) groups excluding carboxylic acids is 1. The van der Waals surface area contributed by atoms with Crippen molar-refractivity contribution in [3.63, 3.8) is 0 Å². The first kappa shape index (κ1) is 25.7. The van der Waals surface area contributed by atoms with E-state index in [0.29, 0.717) is 43.1 Å². The van der Waals surface area contributed by atoms with Crippen LogP contribution in [0.25, 0.3) is 5.69 Å². The molecule has 6 rings (SSSR count). The molecular weight excluding hydrogens is 534 g/mol. The van der Waals surface area contributed by atoms with Crippen LogP contribution in [0.15, 0.2) is 60.0 Å². The quantitative estimate of drug-likeness (QED) is 0.202. The van der Waals surface area contributed by atoms with Crippen molar-refractivity contribution < 1.29 is 22.4 Å². The van der Waals surface area contributed by atoms with Gasteiger partial charge in [-0.25, -0.2) is 13.4 Å². The van der Waals surface area contributed by atoms with Crippen LogP contribution in [0.3, 0.4) is 0 Å². The SMILES string of the molecule is Cn1ncc(SN2CCC3Cc4c(cnn4-c4ccc(F)cc4)CC3(C(=O)c3cc(C(F)(F)F)ccn3)C2)n1. The number of pyridine rings is 1. The summed E-state index contributed by atoms with van der Waals surface area (Å²) in [5.74, 6) is -0.933. The van der Waals surface area contributed by atoms with Gasteiger partial charge in [0.05, 0.1) is 29.1 Å². The van der Waals surface area contributed by atoms with Crippen molar-refractivity contribution in [2.75, 3.05) is 13.1 Å². The number of alkyl halides is 3. The summed E-state index contributed by atoms with van der Waals surface area (Å²) < 4.78 is 57.8. The Morgan fingerprint density at radius 3 is 2.64 bits per heavy atom. The van der Waals surface area contributed by atoms with E-state index in [1.165, 1.54) is 28.9 Å². The summed E-state index contributed by atoms with van der Waals surface area (Å²) in [6.45, 7) is 0.952. The van der Waals surface area contributed by atoms with Gasteiger partial charge >= 0.3 is 6.18 Å². The van der Waals surface area contributed by atoms with E-state index >= 15 is 0 Å². The zero-order chi connectivity index (χ0) is 27.4. The number of piperidine rings is 1. The number of Topliss-reactive ketones (excluding diaryl/α,β-unsaturated/α-hetero) is 1. The maximum absolute atomic E-state index is 14.2. The molecule has 4 aromatic rings. The van der Waals surface area contributed by atoms with E-state index in [0.717, 1.165) is 29.6 Å². The largest absolute Gasteiger partial charge is 0.416 e. The zero-order valence-corrected chi connectivity index (χ0v) is 21.6. The van der Waals surface area contributed by atoms with Crippen molar-refractivity contribution >= 4 is 17.7 Å². The minimum absolute atomic E-state index is 0.163. The minimum atomic E-state index is -4.59. The Bertz CT molecular complexity index is 1530. The third kappa shape index (κ3) is 4.73. The molecule has 0 radical (unpaired) electrons. The van der Waals surface area contributed by atoms with Gasteiger partial charge < -0.3 is 0 Å². The molecule has 0 saturated carbocycles. The fourth-order valence-corrected chi connectivity index (χ4v) is 6.66. The second-order valence-corrected chi connectivity index (χ2v) is 11.0. The zero-order valence-electron chi connectivity index (χ0n) is 20.8. The summed E-state index contributed by atoms with van der Waals surface area (Å²) in [6.07, 6.45) is 1.20. The summed E-state index contributed by atoms with van der Waals surface area (Å²) in [5.41, 5.74) is 0.330. The fourth-order valence-electron chi connectivity index (χ4n) is 5.65. The first-order chi connectivity index (χ1) is 18.6. The van der Waals surface area contributed by atoms with Crippen molar-refractivity contribution in [2.45, 2.75) is 30.5 Å². The first-order valence-corrected chi connectivity index (χ1v) is 13.1. The van der Waals surface area contributed by atoms with E-state index in [1.54, 1.807) is 36.3 Å². The van der Waals surface area contributed by atoms with Gasteiger partial charge in [-0.05, 0) is 79.1 Å². The number of aryl methyl sites for hydroxylation is 1. The highest BCUT2D eigenvalue weighted by atomic mass is 32.2. The van der Waals surface area contributed by atoms with Gasteiger partial charge in [0.15, 0.2) is 10.8 Å². The van der Waals surface area contributed by atoms with E-state index < -0.39 is 22.9 Å². The van der Waals surface area contributed by atoms with E-state index in [-0.39, 0.29) is 17.4 Å². The number of nitrogens with zero attached hydrogens (tertiary/aromatic N) is 7. The third-order valence-corrected chi connectivity index (χ3v) is 8.46. The molecule has 2 unspecified atom stereocenters. The molecule has 2 aliphatic rings. The van der Waals surface area contributed by atoms with E-state index in [1.807, 2.05) is 4.31 Å². The molecule has 8 nitrogen and oxygen atoms in total. The van der Waals surface area contributed by atoms with Crippen LogP contribution in [0, 0.1) is 17.2 Å². The molecule has 1 fully saturated rings. The van der Waals surface area contributed by atoms with Gasteiger partial charge in [-0.2, -0.15) is 28.2 Å². The van der Waals surface area contributed by atoms with Gasteiger partial charge in [0, 0.05) is 32.0 Å². The molecule has 1 saturated heterocycles. The van der Waals surface area contributed by atoms with Crippen LogP contribution in [0.1, 0.15) is 33.7 Å². The minimum Gasteiger partial charge on any atom is -0.292 e. The summed E-state index contributed by atoms with van der Waals surface area (Å²) in [5, 5.41) is 13.6. The molecule has 0 amide bonds. The summed E-state index contributed by atoms with van der Waals surface area (Å²) in [7, 11) is 1.71. The Labute approximate surface area is 225 Å². The number of hydrogen-bond acceptors (Lipinski definition) is 7. The highest BCUT2D eigenvalue weighted by molar-refractivity contribution is 7.97. The summed E-state index contributed by atoms with van der Waals surface area (Å²) in [6, 6.07) is 7.73. The Balaban J connectivity index is 1.39. The number of hydrogen-bond donors (Lipinski definition) is 0. The second-order valence-electron chi connectivity index (χ2n) is 9.91. The maximum atomic E-state index is 14.2. The number of aromatic nitrogens is 6. The number of ketones is 1. The number of carbonyl (C=O) groups is 1. The van der Waals surface area contributed by atoms with Crippen LogP contribution in [0.2, 0.25) is 0 Å². The van der Waals surface area contributed by atoms with Crippen LogP contribution in [0.4, 0.5) is 17.6 Å². The van der Waals surface area contributed by atoms with Crippen molar-refractivity contribution in [1.29, 1.82) is 0 Å². The summed E-state index contributed by atoms with van der Waals surface area (Å²) >= 11 is 1.37. The lowest BCUT2D eigenvalue weighted by Crippen LogP contribution is -2.55. The molecular formula is C26H23F4N7OS. The van der Waals surface area contributed by atoms with Crippen LogP contribution in [-0.4, -0.2) is 52.9 Å². The van der Waals surface area contributed by atoms with E-state index in [4.69, 9.17) is 0 Å². The molecule has 1 aromatic carbocycles. The van der Waals surface area contributed by atoms with Gasteiger partial charge in [-0.3, -0.25) is 9.78 Å². The van der Waals surface area contributed by atoms with Gasteiger partial charge in [0.2, 0.25) is 0 Å². The summed E-state index contributed by atoms with van der Waals surface area (Å²) in [4.78, 5) is 19.7. The topological polar surface area (TPSA) is 81.7 Å². The predicted octanol–water partition coefficient (Wildman–Crippen LogP) is 4.55. The Kier molecular flexibility index (Phi) is 6.29. The van der Waals surface area contributed by atoms with Crippen molar-refractivity contribution in [3.05, 3.63) is 83.3 Å². The number of rotatable bonds is 5. The molecule has 39 heavy (non-hydrogen) atoms. The highest BCUT2D eigenvalue weighted by Crippen LogP contribution is 2.49. The monoisotopic (exact) mass is 557 g/mol. The molecule has 4 heterocycles. The molecule has 3 aromatic heterocycles. The predicted molar refractivity (Wildman–Crippen MR) is 133 cm³/mol. The average Bonchev–Trinajstić information content (AvgIpc) is 3.52. The molecule has 1 aliphatic carbocycles. The van der Waals surface area contributed by atoms with E-state index in [9.17, 15) is 22.4 Å². The highest BCUT2D eigenvalue weighted by Gasteiger charge is 2.53. The van der Waals surface area contributed by atoms with Gasteiger partial charge in [0.1, 0.15) is 11.5 Å². The Hall–Kier alpha value is -3.58. The molecule has 0 bridgehead atoms. The molecule has 2 atom stereocenters. The van der Waals surface area contributed by atoms with Gasteiger partial charge in [0.25, 0.3) is 0 Å². The third-order valence-electron chi connectivity index (χ3n) is 7.51. The van der Waals surface area contributed by atoms with Crippen molar-refractivity contribution in [2.24, 2.45) is 18.4 Å². The van der Waals surface area contributed by atoms with Crippen LogP contribution >= 0.6 is 11.9 Å². The standard InChI is InChI=1S/C26H23F4N7OS/c1-35-32-14-23(34-35)39-36-9-7-17-11-22-16(13-33-37(22)20-4-2-19(27)3-5-20)12-25(17,15-36)24(38)21-10-18(6-8-31-21)26(28,29)30/h2-6,8,10,13-14,17H,7,9,11-12,15H2,1H3. The smallest absolute Gasteiger partial charge is 0.292 e. The van der Waals surface area contributed by atoms with Crippen LogP contribution in [-0.2, 0) is 26.1 Å². The maximum Gasteiger partial charge on any atom is 0.416 e. The Morgan fingerprint density at radius 2 is 1.92 bits per heavy atom. The number of halogens is 4. The van der Waals surface area contributed by atoms with Crippen molar-refractivity contribution in [3.8, 4) is 5.69 Å². The molecule has 202 valence electrons.